The number of rotatable bonds is 4. The highest BCUT2D eigenvalue weighted by Crippen LogP contribution is 2.53. The number of hydrogen-bond donors (Lipinski definition) is 1. The maximum atomic E-state index is 13.7. The van der Waals surface area contributed by atoms with Crippen LogP contribution in [0.3, 0.4) is 0 Å². The highest BCUT2D eigenvalue weighted by atomic mass is 32.2. The smallest absolute Gasteiger partial charge is 0.255 e. The zero-order valence-corrected chi connectivity index (χ0v) is 19.1. The van der Waals surface area contributed by atoms with Crippen molar-refractivity contribution < 1.29 is 4.79 Å². The fourth-order valence-electron chi connectivity index (χ4n) is 4.67. The van der Waals surface area contributed by atoms with Crippen molar-refractivity contribution in [1.82, 2.24) is 4.90 Å². The zero-order valence-electron chi connectivity index (χ0n) is 15.8. The van der Waals surface area contributed by atoms with Crippen LogP contribution in [-0.2, 0) is 4.87 Å². The predicted octanol–water partition coefficient (Wildman–Crippen LogP) is 5.53. The molecular formula is C21H29NOS4. The van der Waals surface area contributed by atoms with Crippen LogP contribution in [0.1, 0.15) is 54.4 Å². The minimum atomic E-state index is -0.195. The summed E-state index contributed by atoms with van der Waals surface area (Å²) in [6.45, 7) is 0. The van der Waals surface area contributed by atoms with E-state index < -0.39 is 0 Å². The van der Waals surface area contributed by atoms with E-state index in [-0.39, 0.29) is 10.8 Å². The first-order valence-corrected chi connectivity index (χ1v) is 14.0. The Morgan fingerprint density at radius 1 is 1.19 bits per heavy atom. The van der Waals surface area contributed by atoms with Crippen molar-refractivity contribution in [3.63, 3.8) is 0 Å². The maximum Gasteiger partial charge on any atom is 0.255 e. The number of fused-ring (bicyclic) bond motifs is 5. The van der Waals surface area contributed by atoms with E-state index in [1.807, 2.05) is 29.6 Å². The van der Waals surface area contributed by atoms with Crippen LogP contribution in [0, 0.1) is 0 Å². The average molecular weight is 440 g/mol. The first kappa shape index (κ1) is 20.4. The molecule has 3 atom stereocenters. The Kier molecular flexibility index (Phi) is 6.99. The van der Waals surface area contributed by atoms with E-state index >= 15 is 0 Å². The molecule has 2 unspecified atom stereocenters. The lowest BCUT2D eigenvalue weighted by atomic mass is 9.92. The summed E-state index contributed by atoms with van der Waals surface area (Å²) in [5.41, 5.74) is 2.21. The Morgan fingerprint density at radius 2 is 2.04 bits per heavy atom. The van der Waals surface area contributed by atoms with Crippen molar-refractivity contribution in [2.24, 2.45) is 0 Å². The van der Waals surface area contributed by atoms with Crippen LogP contribution >= 0.6 is 47.9 Å². The molecule has 3 aliphatic rings. The molecule has 148 valence electrons. The quantitative estimate of drug-likeness (QED) is 0.491. The number of hydrogen-bond acceptors (Lipinski definition) is 5. The van der Waals surface area contributed by atoms with Gasteiger partial charge in [-0.2, -0.15) is 36.2 Å². The van der Waals surface area contributed by atoms with Gasteiger partial charge in [0.1, 0.15) is 4.87 Å². The minimum absolute atomic E-state index is 0.195. The second-order valence-corrected chi connectivity index (χ2v) is 11.9. The fraction of sp³-hybridized carbons (Fsp3) is 0.667. The van der Waals surface area contributed by atoms with Crippen molar-refractivity contribution in [3.8, 4) is 0 Å². The summed E-state index contributed by atoms with van der Waals surface area (Å²) in [4.78, 5) is 15.8. The first-order chi connectivity index (χ1) is 13.3. The van der Waals surface area contributed by atoms with Crippen LogP contribution in [0.4, 0.5) is 0 Å². The molecule has 0 spiro atoms. The maximum absolute atomic E-state index is 13.7. The van der Waals surface area contributed by atoms with Gasteiger partial charge in [0.15, 0.2) is 0 Å². The van der Waals surface area contributed by atoms with Gasteiger partial charge in [-0.15, -0.1) is 11.8 Å². The molecule has 2 fully saturated rings. The third kappa shape index (κ3) is 3.93. The summed E-state index contributed by atoms with van der Waals surface area (Å²) in [5, 5.41) is 0.602. The van der Waals surface area contributed by atoms with E-state index in [9.17, 15) is 4.79 Å². The van der Waals surface area contributed by atoms with E-state index in [2.05, 4.69) is 47.5 Å². The van der Waals surface area contributed by atoms with Crippen LogP contribution in [0.2, 0.25) is 0 Å². The summed E-state index contributed by atoms with van der Waals surface area (Å²) in [5.74, 6) is 5.70. The molecule has 0 aromatic heterocycles. The van der Waals surface area contributed by atoms with Crippen LogP contribution in [0.15, 0.2) is 24.3 Å². The van der Waals surface area contributed by atoms with Gasteiger partial charge in [-0.3, -0.25) is 4.79 Å². The Bertz CT molecular complexity index is 665. The molecule has 2 heterocycles. The van der Waals surface area contributed by atoms with E-state index in [1.54, 1.807) is 0 Å². The second kappa shape index (κ2) is 9.27. The number of nitrogens with zero attached hydrogens (tertiary/aromatic N) is 1. The summed E-state index contributed by atoms with van der Waals surface area (Å²) >= 11 is 10.6. The number of carbonyl (C=O) groups excluding carboxylic acids is 1. The van der Waals surface area contributed by atoms with Crippen molar-refractivity contribution in [3.05, 3.63) is 35.4 Å². The molecule has 0 bridgehead atoms. The monoisotopic (exact) mass is 439 g/mol. The average Bonchev–Trinajstić information content (AvgIpc) is 2.94. The number of amides is 1. The highest BCUT2D eigenvalue weighted by Gasteiger charge is 2.54. The molecule has 1 amide bonds. The Morgan fingerprint density at radius 3 is 2.93 bits per heavy atom. The summed E-state index contributed by atoms with van der Waals surface area (Å²) in [6, 6.07) is 8.81. The third-order valence-electron chi connectivity index (χ3n) is 5.89. The standard InChI is InChI=1S/C21H29NOS4/c23-20-16-7-1-2-8-17(16)21(27-14-5-11-24)15-25-12-6-13-26-19-10-4-3-9-18(19)22(20)21/h1-2,7-8,18-19,24H,3-6,9-15H2/t18-,19?,21?/m1/s1. The molecule has 1 aromatic rings. The summed E-state index contributed by atoms with van der Waals surface area (Å²) < 4.78 is 0. The molecule has 2 aliphatic heterocycles. The van der Waals surface area contributed by atoms with E-state index in [0.29, 0.717) is 11.3 Å². The third-order valence-corrected chi connectivity index (χ3v) is 10.6. The molecule has 4 rings (SSSR count). The molecule has 2 nitrogen and oxygen atoms in total. The van der Waals surface area contributed by atoms with Gasteiger partial charge in [-0.05, 0) is 54.8 Å². The van der Waals surface area contributed by atoms with Crippen LogP contribution in [-0.4, -0.2) is 50.9 Å². The van der Waals surface area contributed by atoms with Gasteiger partial charge in [-0.1, -0.05) is 31.0 Å². The van der Waals surface area contributed by atoms with Crippen molar-refractivity contribution >= 4 is 53.8 Å². The molecular weight excluding hydrogens is 411 g/mol. The van der Waals surface area contributed by atoms with Gasteiger partial charge in [0, 0.05) is 28.2 Å². The van der Waals surface area contributed by atoms with Crippen LogP contribution in [0.25, 0.3) is 0 Å². The Hall–Kier alpha value is 0.0900. The topological polar surface area (TPSA) is 20.3 Å². The molecule has 1 saturated carbocycles. The van der Waals surface area contributed by atoms with Crippen molar-refractivity contribution in [1.29, 1.82) is 0 Å². The zero-order chi connectivity index (χ0) is 18.7. The van der Waals surface area contributed by atoms with Crippen molar-refractivity contribution in [2.45, 2.75) is 54.7 Å². The summed E-state index contributed by atoms with van der Waals surface area (Å²) in [7, 11) is 0. The number of benzene rings is 1. The lowest BCUT2D eigenvalue weighted by Gasteiger charge is -2.47. The van der Waals surface area contributed by atoms with Gasteiger partial charge in [-0.25, -0.2) is 0 Å². The van der Waals surface area contributed by atoms with Crippen LogP contribution < -0.4 is 0 Å². The fourth-order valence-corrected chi connectivity index (χ4v) is 9.61. The molecule has 27 heavy (non-hydrogen) atoms. The van der Waals surface area contributed by atoms with Crippen LogP contribution in [0.5, 0.6) is 0 Å². The van der Waals surface area contributed by atoms with Gasteiger partial charge < -0.3 is 4.90 Å². The second-order valence-electron chi connectivity index (χ2n) is 7.60. The van der Waals surface area contributed by atoms with Gasteiger partial charge in [0.25, 0.3) is 5.91 Å². The number of thioether (sulfide) groups is 3. The molecule has 0 radical (unpaired) electrons. The normalized spacial score (nSPS) is 31.1. The lowest BCUT2D eigenvalue weighted by molar-refractivity contribution is 0.0559. The molecule has 1 aromatic carbocycles. The van der Waals surface area contributed by atoms with Gasteiger partial charge in [0.2, 0.25) is 0 Å². The summed E-state index contributed by atoms with van der Waals surface area (Å²) in [6.07, 6.45) is 7.37. The highest BCUT2D eigenvalue weighted by molar-refractivity contribution is 8.03. The van der Waals surface area contributed by atoms with Gasteiger partial charge >= 0.3 is 0 Å². The molecule has 0 N–H and O–H groups in total. The number of thiol groups is 1. The Labute approximate surface area is 181 Å². The molecule has 1 aliphatic carbocycles. The van der Waals surface area contributed by atoms with Gasteiger partial charge in [0.05, 0.1) is 0 Å². The first-order valence-electron chi connectivity index (χ1n) is 10.2. The lowest BCUT2D eigenvalue weighted by Crippen LogP contribution is -2.54. The predicted molar refractivity (Wildman–Crippen MR) is 126 cm³/mol. The Balaban J connectivity index is 1.78. The molecule has 1 saturated heterocycles. The van der Waals surface area contributed by atoms with Crippen molar-refractivity contribution in [2.75, 3.05) is 28.8 Å². The molecule has 6 heteroatoms. The van der Waals surface area contributed by atoms with E-state index in [4.69, 9.17) is 0 Å². The largest absolute Gasteiger partial charge is 0.315 e. The minimum Gasteiger partial charge on any atom is -0.315 e. The van der Waals surface area contributed by atoms with E-state index in [1.165, 1.54) is 42.8 Å². The van der Waals surface area contributed by atoms with E-state index in [0.717, 1.165) is 35.7 Å². The number of carbonyl (C=O) groups is 1. The SMILES string of the molecule is O=C1c2ccccc2C2(SCCCS)CSCCCSC3CCCC[C@H]3N12.